The molecule has 2 fully saturated rings. The van der Waals surface area contributed by atoms with Gasteiger partial charge in [-0.1, -0.05) is 35.9 Å². The van der Waals surface area contributed by atoms with E-state index in [1.807, 2.05) is 74.5 Å². The first-order chi connectivity index (χ1) is 14.6. The number of aromatic nitrogens is 1. The summed E-state index contributed by atoms with van der Waals surface area (Å²) in [6.45, 7) is 3.90. The highest BCUT2D eigenvalue weighted by molar-refractivity contribution is 6.24. The van der Waals surface area contributed by atoms with Crippen molar-refractivity contribution in [3.63, 3.8) is 0 Å². The number of para-hydroxylation sites is 1. The Labute approximate surface area is 174 Å². The molecule has 0 saturated carbocycles. The lowest BCUT2D eigenvalue weighted by Gasteiger charge is -2.29. The largest absolute Gasteiger partial charge is 0.273 e. The number of carbonyl (C=O) groups excluding carboxylic acids is 2. The van der Waals surface area contributed by atoms with E-state index in [4.69, 9.17) is 4.84 Å². The SMILES string of the molecule is Cc1ccc(N2C(=O)[C@H]3[C@H](ON(c4ccccc4)[C@H]3c3ccncc3)C2=O)c(C)c1. The highest BCUT2D eigenvalue weighted by Gasteiger charge is 2.60. The zero-order chi connectivity index (χ0) is 20.8. The number of hydroxylamine groups is 1. The van der Waals surface area contributed by atoms with E-state index in [-0.39, 0.29) is 11.8 Å². The predicted octanol–water partition coefficient (Wildman–Crippen LogP) is 3.75. The summed E-state index contributed by atoms with van der Waals surface area (Å²) in [5.41, 5.74) is 4.26. The maximum absolute atomic E-state index is 13.6. The van der Waals surface area contributed by atoms with Gasteiger partial charge in [0.25, 0.3) is 5.91 Å². The summed E-state index contributed by atoms with van der Waals surface area (Å²) in [7, 11) is 0. The zero-order valence-corrected chi connectivity index (χ0v) is 16.7. The van der Waals surface area contributed by atoms with E-state index in [9.17, 15) is 9.59 Å². The minimum Gasteiger partial charge on any atom is -0.273 e. The third-order valence-corrected chi connectivity index (χ3v) is 5.77. The Bertz CT molecular complexity index is 1120. The number of aryl methyl sites for hydroxylation is 2. The van der Waals surface area contributed by atoms with Crippen LogP contribution < -0.4 is 9.96 Å². The molecule has 0 aliphatic carbocycles. The molecule has 150 valence electrons. The molecule has 0 bridgehead atoms. The second-order valence-electron chi connectivity index (χ2n) is 7.74. The molecular formula is C24H21N3O3. The molecule has 2 aliphatic heterocycles. The Balaban J connectivity index is 1.59. The molecule has 3 aromatic rings. The van der Waals surface area contributed by atoms with Gasteiger partial charge >= 0.3 is 0 Å². The van der Waals surface area contributed by atoms with Gasteiger partial charge in [-0.05, 0) is 55.3 Å². The van der Waals surface area contributed by atoms with Crippen molar-refractivity contribution in [3.05, 3.63) is 89.7 Å². The number of hydrogen-bond acceptors (Lipinski definition) is 5. The maximum atomic E-state index is 13.6. The normalized spacial score (nSPS) is 23.2. The van der Waals surface area contributed by atoms with E-state index in [1.165, 1.54) is 4.90 Å². The molecule has 3 heterocycles. The van der Waals surface area contributed by atoms with E-state index in [1.54, 1.807) is 17.5 Å². The molecule has 2 amide bonds. The Morgan fingerprint density at radius 3 is 2.33 bits per heavy atom. The molecule has 30 heavy (non-hydrogen) atoms. The Kier molecular flexibility index (Phi) is 4.37. The molecule has 3 atom stereocenters. The fourth-order valence-corrected chi connectivity index (χ4v) is 4.41. The van der Waals surface area contributed by atoms with Crippen molar-refractivity contribution in [1.29, 1.82) is 0 Å². The predicted molar refractivity (Wildman–Crippen MR) is 113 cm³/mol. The van der Waals surface area contributed by atoms with Gasteiger partial charge in [-0.2, -0.15) is 0 Å². The smallest absolute Gasteiger partial charge is 0.266 e. The Morgan fingerprint density at radius 1 is 0.900 bits per heavy atom. The molecule has 2 aromatic carbocycles. The Morgan fingerprint density at radius 2 is 1.63 bits per heavy atom. The van der Waals surface area contributed by atoms with Crippen LogP contribution in [0.3, 0.4) is 0 Å². The summed E-state index contributed by atoms with van der Waals surface area (Å²) in [5.74, 6) is -1.20. The molecule has 0 N–H and O–H groups in total. The van der Waals surface area contributed by atoms with Crippen LogP contribution in [-0.4, -0.2) is 22.9 Å². The summed E-state index contributed by atoms with van der Waals surface area (Å²) < 4.78 is 0. The van der Waals surface area contributed by atoms with Crippen LogP contribution >= 0.6 is 0 Å². The van der Waals surface area contributed by atoms with Crippen molar-refractivity contribution in [1.82, 2.24) is 4.98 Å². The molecule has 1 aromatic heterocycles. The van der Waals surface area contributed by atoms with E-state index in [0.29, 0.717) is 5.69 Å². The average molecular weight is 399 g/mol. The fraction of sp³-hybridized carbons (Fsp3) is 0.208. The molecular weight excluding hydrogens is 378 g/mol. The number of benzene rings is 2. The molecule has 0 radical (unpaired) electrons. The maximum Gasteiger partial charge on any atom is 0.266 e. The minimum atomic E-state index is -0.864. The monoisotopic (exact) mass is 399 g/mol. The van der Waals surface area contributed by atoms with Gasteiger partial charge in [0.05, 0.1) is 17.4 Å². The number of carbonyl (C=O) groups is 2. The number of nitrogens with zero attached hydrogens (tertiary/aromatic N) is 3. The van der Waals surface area contributed by atoms with Crippen molar-refractivity contribution >= 4 is 23.2 Å². The number of pyridine rings is 1. The van der Waals surface area contributed by atoms with Gasteiger partial charge in [-0.25, -0.2) is 9.96 Å². The third kappa shape index (κ3) is 2.80. The highest BCUT2D eigenvalue weighted by atomic mass is 16.7. The number of imide groups is 1. The Hall–Kier alpha value is -3.51. The molecule has 0 spiro atoms. The topological polar surface area (TPSA) is 62.7 Å². The van der Waals surface area contributed by atoms with Crippen molar-refractivity contribution in [3.8, 4) is 0 Å². The van der Waals surface area contributed by atoms with Gasteiger partial charge in [0.1, 0.15) is 5.92 Å². The third-order valence-electron chi connectivity index (χ3n) is 5.77. The van der Waals surface area contributed by atoms with E-state index in [2.05, 4.69) is 4.98 Å². The van der Waals surface area contributed by atoms with Crippen molar-refractivity contribution in [2.45, 2.75) is 26.0 Å². The van der Waals surface area contributed by atoms with Crippen LogP contribution in [0.1, 0.15) is 22.7 Å². The summed E-state index contributed by atoms with van der Waals surface area (Å²) in [6, 6.07) is 18.6. The molecule has 0 unspecified atom stereocenters. The van der Waals surface area contributed by atoms with Crippen LogP contribution in [0.15, 0.2) is 73.1 Å². The summed E-state index contributed by atoms with van der Waals surface area (Å²) in [4.78, 5) is 38.4. The number of hydrogen-bond donors (Lipinski definition) is 0. The first kappa shape index (κ1) is 18.5. The number of fused-ring (bicyclic) bond motifs is 1. The lowest BCUT2D eigenvalue weighted by Crippen LogP contribution is -2.37. The molecule has 6 heteroatoms. The van der Waals surface area contributed by atoms with Crippen LogP contribution in [0.5, 0.6) is 0 Å². The summed E-state index contributed by atoms with van der Waals surface area (Å²) >= 11 is 0. The van der Waals surface area contributed by atoms with Crippen LogP contribution in [0.2, 0.25) is 0 Å². The van der Waals surface area contributed by atoms with Crippen molar-refractivity contribution in [2.75, 3.05) is 9.96 Å². The highest BCUT2D eigenvalue weighted by Crippen LogP contribution is 2.47. The lowest BCUT2D eigenvalue weighted by molar-refractivity contribution is -0.126. The van der Waals surface area contributed by atoms with E-state index >= 15 is 0 Å². The van der Waals surface area contributed by atoms with Crippen molar-refractivity contribution in [2.24, 2.45) is 5.92 Å². The minimum absolute atomic E-state index is 0.239. The van der Waals surface area contributed by atoms with Crippen LogP contribution in [-0.2, 0) is 14.4 Å². The van der Waals surface area contributed by atoms with Gasteiger partial charge in [0.2, 0.25) is 5.91 Å². The second kappa shape index (κ2) is 7.07. The average Bonchev–Trinajstić information content (AvgIpc) is 3.26. The van der Waals surface area contributed by atoms with E-state index < -0.39 is 18.1 Å². The molecule has 2 saturated heterocycles. The van der Waals surface area contributed by atoms with Gasteiger partial charge < -0.3 is 0 Å². The summed E-state index contributed by atoms with van der Waals surface area (Å²) in [6.07, 6.45) is 2.51. The number of amides is 2. The second-order valence-corrected chi connectivity index (χ2v) is 7.74. The quantitative estimate of drug-likeness (QED) is 0.628. The van der Waals surface area contributed by atoms with E-state index in [0.717, 1.165) is 22.4 Å². The first-order valence-corrected chi connectivity index (χ1v) is 9.92. The van der Waals surface area contributed by atoms with Crippen LogP contribution in [0.25, 0.3) is 0 Å². The van der Waals surface area contributed by atoms with Gasteiger partial charge in [-0.15, -0.1) is 0 Å². The summed E-state index contributed by atoms with van der Waals surface area (Å²) in [5, 5.41) is 1.69. The van der Waals surface area contributed by atoms with Gasteiger partial charge in [-0.3, -0.25) is 19.4 Å². The molecule has 2 aliphatic rings. The molecule has 6 nitrogen and oxygen atoms in total. The molecule has 5 rings (SSSR count). The first-order valence-electron chi connectivity index (χ1n) is 9.92. The van der Waals surface area contributed by atoms with Gasteiger partial charge in [0.15, 0.2) is 6.10 Å². The lowest BCUT2D eigenvalue weighted by atomic mass is 9.91. The van der Waals surface area contributed by atoms with Crippen LogP contribution in [0, 0.1) is 19.8 Å². The number of rotatable bonds is 3. The van der Waals surface area contributed by atoms with Crippen molar-refractivity contribution < 1.29 is 14.4 Å². The zero-order valence-electron chi connectivity index (χ0n) is 16.7. The number of anilines is 2. The van der Waals surface area contributed by atoms with Gasteiger partial charge in [0, 0.05) is 12.4 Å². The standard InChI is InChI=1S/C24H21N3O3/c1-15-8-9-19(16(2)14-15)26-23(28)20-21(17-10-12-25-13-11-17)27(30-22(20)24(26)29)18-6-4-3-5-7-18/h3-14,20-22H,1-2H3/t20-,21+,22+/m1/s1. The van der Waals surface area contributed by atoms with Crippen LogP contribution in [0.4, 0.5) is 11.4 Å². The fourth-order valence-electron chi connectivity index (χ4n) is 4.41.